The van der Waals surface area contributed by atoms with E-state index in [9.17, 15) is 4.79 Å². The van der Waals surface area contributed by atoms with Crippen LogP contribution in [0.4, 0.5) is 0 Å². The second-order valence-electron chi connectivity index (χ2n) is 8.06. The van der Waals surface area contributed by atoms with Gasteiger partial charge in [0.15, 0.2) is 23.0 Å². The Hall–Kier alpha value is -3.30. The number of methoxy groups -OCH3 is 1. The molecule has 1 N–H and O–H groups in total. The monoisotopic (exact) mass is 440 g/mol. The van der Waals surface area contributed by atoms with Crippen molar-refractivity contribution in [1.29, 1.82) is 5.41 Å². The fourth-order valence-corrected chi connectivity index (χ4v) is 4.23. The van der Waals surface area contributed by atoms with E-state index in [4.69, 9.17) is 33.8 Å². The molecule has 2 unspecified atom stereocenters. The Morgan fingerprint density at radius 3 is 2.19 bits per heavy atom. The molecule has 168 valence electrons. The van der Waals surface area contributed by atoms with Crippen LogP contribution in [0.5, 0.6) is 28.7 Å². The molecule has 2 aromatic carbocycles. The van der Waals surface area contributed by atoms with Crippen LogP contribution >= 0.6 is 0 Å². The van der Waals surface area contributed by atoms with E-state index in [1.54, 1.807) is 31.4 Å². The lowest BCUT2D eigenvalue weighted by Crippen LogP contribution is -2.35. The molecule has 0 spiro atoms. The molecule has 3 aliphatic rings. The quantitative estimate of drug-likeness (QED) is 0.732. The second-order valence-corrected chi connectivity index (χ2v) is 8.06. The van der Waals surface area contributed by atoms with Crippen molar-refractivity contribution in [3.8, 4) is 28.7 Å². The number of benzene rings is 2. The summed E-state index contributed by atoms with van der Waals surface area (Å²) in [6.07, 6.45) is -0.598. The van der Waals surface area contributed by atoms with E-state index < -0.39 is 12.0 Å². The molecule has 0 saturated carbocycles. The van der Waals surface area contributed by atoms with Crippen molar-refractivity contribution >= 4 is 11.5 Å². The third-order valence-corrected chi connectivity index (χ3v) is 5.85. The average molecular weight is 440 g/mol. The minimum absolute atomic E-state index is 0.0802. The highest BCUT2D eigenvalue weighted by atomic mass is 16.7. The molecule has 5 rings (SSSR count). The largest absolute Gasteiger partial charge is 0.496 e. The van der Waals surface area contributed by atoms with Gasteiger partial charge in [0.25, 0.3) is 0 Å². The summed E-state index contributed by atoms with van der Waals surface area (Å²) < 4.78 is 34.0. The number of carbonyl (C=O) groups excluding carboxylic acids is 1. The zero-order valence-corrected chi connectivity index (χ0v) is 18.1. The normalized spacial score (nSPS) is 20.6. The Morgan fingerprint density at radius 2 is 1.56 bits per heavy atom. The van der Waals surface area contributed by atoms with Gasteiger partial charge in [-0.1, -0.05) is 0 Å². The summed E-state index contributed by atoms with van der Waals surface area (Å²) in [6, 6.07) is 6.92. The minimum Gasteiger partial charge on any atom is -0.496 e. The van der Waals surface area contributed by atoms with Crippen LogP contribution in [-0.4, -0.2) is 64.3 Å². The van der Waals surface area contributed by atoms with Gasteiger partial charge in [-0.3, -0.25) is 4.79 Å². The van der Waals surface area contributed by atoms with E-state index in [-0.39, 0.29) is 25.1 Å². The molecule has 0 fully saturated rings. The molecule has 2 aliphatic heterocycles. The van der Waals surface area contributed by atoms with E-state index in [1.165, 1.54) is 0 Å². The minimum atomic E-state index is -0.693. The van der Waals surface area contributed by atoms with Crippen LogP contribution in [0, 0.1) is 5.41 Å². The Bertz CT molecular complexity index is 1100. The maximum Gasteiger partial charge on any atom is 0.231 e. The third kappa shape index (κ3) is 3.34. The highest BCUT2D eigenvalue weighted by molar-refractivity contribution is 6.48. The van der Waals surface area contributed by atoms with Crippen molar-refractivity contribution < 1.29 is 33.2 Å². The van der Waals surface area contributed by atoms with Crippen molar-refractivity contribution in [2.75, 3.05) is 47.9 Å². The van der Waals surface area contributed by atoms with E-state index in [1.807, 2.05) is 19.0 Å². The molecule has 0 bridgehead atoms. The third-order valence-electron chi connectivity index (χ3n) is 5.85. The van der Waals surface area contributed by atoms with Gasteiger partial charge in [-0.15, -0.1) is 0 Å². The number of hydrogen-bond donors (Lipinski definition) is 1. The number of carbonyl (C=O) groups is 1. The maximum absolute atomic E-state index is 13.3. The van der Waals surface area contributed by atoms with Crippen LogP contribution in [0.2, 0.25) is 0 Å². The molecular weight excluding hydrogens is 416 g/mol. The van der Waals surface area contributed by atoms with Crippen LogP contribution in [0.1, 0.15) is 33.5 Å². The Labute approximate surface area is 185 Å². The van der Waals surface area contributed by atoms with Gasteiger partial charge < -0.3 is 38.7 Å². The van der Waals surface area contributed by atoms with Crippen molar-refractivity contribution in [3.63, 3.8) is 0 Å². The second kappa shape index (κ2) is 7.99. The first-order chi connectivity index (χ1) is 15.5. The summed E-state index contributed by atoms with van der Waals surface area (Å²) in [5, 5.41) is 8.80. The molecule has 0 aromatic heterocycles. The van der Waals surface area contributed by atoms with Gasteiger partial charge in [-0.2, -0.15) is 0 Å². The number of ketones is 1. The van der Waals surface area contributed by atoms with Gasteiger partial charge in [0, 0.05) is 23.7 Å². The SMILES string of the molecule is COc1cc2c(cc1C1C(=N)C(=O)c3cc4c(cc3C1OCCN(C)C)OCO4)OCO2. The van der Waals surface area contributed by atoms with Gasteiger partial charge in [0.1, 0.15) is 5.75 Å². The standard InChI is InChI=1S/C23H24N2O7/c1-25(2)4-5-28-23-13-7-17-16(29-10-30-17)6-12(13)22(26)21(24)20(23)14-8-18-19(32-11-31-18)9-15(14)27-3/h6-9,20,23-24H,4-5,10-11H2,1-3H3. The summed E-state index contributed by atoms with van der Waals surface area (Å²) in [5.74, 6) is 1.59. The zero-order chi connectivity index (χ0) is 22.4. The number of Topliss-reactive ketones (excluding diaryl/α,β-unsaturated/α-hetero) is 1. The van der Waals surface area contributed by atoms with E-state index in [2.05, 4.69) is 0 Å². The summed E-state index contributed by atoms with van der Waals surface area (Å²) in [5.41, 5.74) is 1.61. The summed E-state index contributed by atoms with van der Waals surface area (Å²) >= 11 is 0. The molecule has 0 saturated heterocycles. The van der Waals surface area contributed by atoms with Gasteiger partial charge in [0.2, 0.25) is 19.4 Å². The average Bonchev–Trinajstić information content (AvgIpc) is 3.43. The Kier molecular flexibility index (Phi) is 5.15. The molecular formula is C23H24N2O7. The number of rotatable bonds is 6. The number of nitrogens with zero attached hydrogens (tertiary/aromatic N) is 1. The van der Waals surface area contributed by atoms with Crippen LogP contribution < -0.4 is 23.7 Å². The van der Waals surface area contributed by atoms with Gasteiger partial charge >= 0.3 is 0 Å². The molecule has 32 heavy (non-hydrogen) atoms. The molecule has 2 aromatic rings. The smallest absolute Gasteiger partial charge is 0.231 e. The number of likely N-dealkylation sites (N-methyl/N-ethyl adjacent to an activating group) is 1. The van der Waals surface area contributed by atoms with Crippen molar-refractivity contribution in [2.24, 2.45) is 0 Å². The first-order valence-electron chi connectivity index (χ1n) is 10.3. The highest BCUT2D eigenvalue weighted by Crippen LogP contribution is 2.50. The molecule has 0 radical (unpaired) electrons. The van der Waals surface area contributed by atoms with E-state index in [0.717, 1.165) is 0 Å². The first-order valence-corrected chi connectivity index (χ1v) is 10.3. The van der Waals surface area contributed by atoms with Gasteiger partial charge in [-0.25, -0.2) is 0 Å². The van der Waals surface area contributed by atoms with E-state index >= 15 is 0 Å². The Morgan fingerprint density at radius 1 is 0.969 bits per heavy atom. The maximum atomic E-state index is 13.3. The van der Waals surface area contributed by atoms with Crippen LogP contribution in [-0.2, 0) is 4.74 Å². The highest BCUT2D eigenvalue weighted by Gasteiger charge is 2.43. The lowest BCUT2D eigenvalue weighted by Gasteiger charge is -2.34. The van der Waals surface area contributed by atoms with Crippen molar-refractivity contribution in [2.45, 2.75) is 12.0 Å². The van der Waals surface area contributed by atoms with Crippen molar-refractivity contribution in [1.82, 2.24) is 4.90 Å². The summed E-state index contributed by atoms with van der Waals surface area (Å²) in [7, 11) is 5.46. The predicted octanol–water partition coefficient (Wildman–Crippen LogP) is 2.77. The summed E-state index contributed by atoms with van der Waals surface area (Å²) in [6.45, 7) is 1.30. The van der Waals surface area contributed by atoms with Gasteiger partial charge in [-0.05, 0) is 37.9 Å². The number of nitrogens with one attached hydrogen (secondary N) is 1. The molecule has 2 heterocycles. The van der Waals surface area contributed by atoms with Crippen LogP contribution in [0.3, 0.4) is 0 Å². The summed E-state index contributed by atoms with van der Waals surface area (Å²) in [4.78, 5) is 15.3. The molecule has 1 aliphatic carbocycles. The number of fused-ring (bicyclic) bond motifs is 3. The molecule has 0 amide bonds. The predicted molar refractivity (Wildman–Crippen MR) is 114 cm³/mol. The topological polar surface area (TPSA) is 99.5 Å². The number of ether oxygens (including phenoxy) is 6. The zero-order valence-electron chi connectivity index (χ0n) is 18.1. The fourth-order valence-electron chi connectivity index (χ4n) is 4.23. The van der Waals surface area contributed by atoms with Crippen molar-refractivity contribution in [3.05, 3.63) is 41.0 Å². The first kappa shape index (κ1) is 20.6. The van der Waals surface area contributed by atoms with E-state index in [0.29, 0.717) is 58.6 Å². The lowest BCUT2D eigenvalue weighted by molar-refractivity contribution is 0.0343. The Balaban J connectivity index is 1.64. The lowest BCUT2D eigenvalue weighted by atomic mass is 9.75. The fraction of sp³-hybridized carbons (Fsp3) is 0.391. The van der Waals surface area contributed by atoms with Gasteiger partial charge in [0.05, 0.1) is 31.5 Å². The molecule has 2 atom stereocenters. The van der Waals surface area contributed by atoms with Crippen LogP contribution in [0.25, 0.3) is 0 Å². The molecule has 9 nitrogen and oxygen atoms in total. The molecule has 9 heteroatoms. The van der Waals surface area contributed by atoms with Crippen LogP contribution in [0.15, 0.2) is 24.3 Å². The number of hydrogen-bond acceptors (Lipinski definition) is 9.